The molecule has 0 aromatic heterocycles. The fraction of sp³-hybridized carbons (Fsp3) is 0.400. The predicted octanol–water partition coefficient (Wildman–Crippen LogP) is 2.31. The van der Waals surface area contributed by atoms with Gasteiger partial charge in [-0.1, -0.05) is 0 Å². The molecule has 0 amide bonds. The third-order valence-corrected chi connectivity index (χ3v) is 2.02. The van der Waals surface area contributed by atoms with E-state index in [0.29, 0.717) is 0 Å². The van der Waals surface area contributed by atoms with Crippen molar-refractivity contribution in [1.82, 2.24) is 0 Å². The maximum atomic E-state index is 2.24. The molecule has 1 rings (SSSR count). The molecule has 0 atom stereocenters. The van der Waals surface area contributed by atoms with Crippen LogP contribution in [0.1, 0.15) is 24.5 Å². The molecule has 0 bridgehead atoms. The van der Waals surface area contributed by atoms with E-state index in [1.807, 2.05) is 0 Å². The van der Waals surface area contributed by atoms with Crippen molar-refractivity contribution >= 4 is 17.7 Å². The van der Waals surface area contributed by atoms with Gasteiger partial charge >= 0.3 is 78.0 Å². The van der Waals surface area contributed by atoms with Crippen molar-refractivity contribution in [3.8, 4) is 0 Å². The van der Waals surface area contributed by atoms with Crippen molar-refractivity contribution in [3.05, 3.63) is 35.4 Å². The summed E-state index contributed by atoms with van der Waals surface area (Å²) in [7, 11) is 0. The molecule has 11 heavy (non-hydrogen) atoms. The van der Waals surface area contributed by atoms with Crippen molar-refractivity contribution in [2.45, 2.75) is 24.9 Å². The summed E-state index contributed by atoms with van der Waals surface area (Å²) in [6, 6.07) is 8.72. The van der Waals surface area contributed by atoms with Gasteiger partial charge in [0.2, 0.25) is 0 Å². The van der Waals surface area contributed by atoms with Gasteiger partial charge in [0.1, 0.15) is 0 Å². The Kier molecular flexibility index (Phi) is 3.76. The molecule has 0 aliphatic carbocycles. The molecule has 0 aliphatic rings. The van der Waals surface area contributed by atoms with E-state index in [-0.39, 0.29) is 0 Å². The Labute approximate surface area is 78.2 Å². The Bertz CT molecular complexity index is 218. The second-order valence-corrected chi connectivity index (χ2v) is 2.87. The first-order valence-electron chi connectivity index (χ1n) is 4.45. The molecule has 0 radical (unpaired) electrons. The zero-order valence-electron chi connectivity index (χ0n) is 7.43. The van der Waals surface area contributed by atoms with Gasteiger partial charge in [-0.25, -0.2) is 0 Å². The first kappa shape index (κ1) is 8.91. The quantitative estimate of drug-likeness (QED) is 0.565. The summed E-state index contributed by atoms with van der Waals surface area (Å²) < 4.78 is 0. The molecule has 1 aromatic carbocycles. The minimum absolute atomic E-state index is 1.16. The first-order valence-corrected chi connectivity index (χ1v) is 4.45. The molecule has 1 aromatic rings. The number of benzene rings is 1. The molecule has 0 unspecified atom stereocenters. The van der Waals surface area contributed by atoms with Gasteiger partial charge in [-0.05, 0) is 0 Å². The van der Waals surface area contributed by atoms with Crippen LogP contribution in [0.5, 0.6) is 0 Å². The summed E-state index contributed by atoms with van der Waals surface area (Å²) in [5.41, 5.74) is 3.03. The molecule has 0 fully saturated rings. The molecule has 1 heteroatoms. The fourth-order valence-corrected chi connectivity index (χ4v) is 1.42. The minimum atomic E-state index is 1.16. The number of rotatable bonds is 3. The molecule has 0 N–H and O–H groups in total. The van der Waals surface area contributed by atoms with E-state index in [2.05, 4.69) is 48.9 Å². The van der Waals surface area contributed by atoms with Crippen LogP contribution in [0.15, 0.2) is 24.3 Å². The van der Waals surface area contributed by atoms with Crippen LogP contribution in [0.2, 0.25) is 0 Å². The van der Waals surface area contributed by atoms with Crippen molar-refractivity contribution in [2.75, 3.05) is 0 Å². The van der Waals surface area contributed by atoms with Crippen LogP contribution in [0.25, 0.3) is 0 Å². The summed E-state index contributed by atoms with van der Waals surface area (Å²) in [6.45, 7) is 2.23. The van der Waals surface area contributed by atoms with Crippen molar-refractivity contribution in [3.63, 3.8) is 0 Å². The van der Waals surface area contributed by atoms with E-state index in [1.165, 1.54) is 24.0 Å². The number of aryl methyl sites for hydroxylation is 1. The monoisotopic (exact) mass is 140 g/mol. The molecule has 0 heterocycles. The second-order valence-electron chi connectivity index (χ2n) is 2.87. The molecule has 54 valence electrons. The Morgan fingerprint density at radius 1 is 1.18 bits per heavy atom. The zero-order valence-corrected chi connectivity index (χ0v) is 7.43. The standard InChI is InChI=1S/C10H13.Li/c1-3-6-10-8-5-4-7-9(10)2;/h4-5,7-8H,2-3,6H2,1H3;. The second kappa shape index (κ2) is 4.65. The Balaban J connectivity index is 2.83. The van der Waals surface area contributed by atoms with Crippen molar-refractivity contribution in [1.29, 1.82) is 0 Å². The number of hydrogen-bond acceptors (Lipinski definition) is 0. The molecule has 0 saturated heterocycles. The van der Waals surface area contributed by atoms with E-state index in [4.69, 9.17) is 0 Å². The summed E-state index contributed by atoms with van der Waals surface area (Å²) in [4.78, 5) is 0. The Morgan fingerprint density at radius 3 is 2.36 bits per heavy atom. The average molecular weight is 140 g/mol. The van der Waals surface area contributed by atoms with Crippen LogP contribution in [-0.4, -0.2) is 17.7 Å². The van der Waals surface area contributed by atoms with E-state index >= 15 is 0 Å². The summed E-state index contributed by atoms with van der Waals surface area (Å²) >= 11 is 2.22. The van der Waals surface area contributed by atoms with Gasteiger partial charge < -0.3 is 0 Å². The molecule has 0 aliphatic heterocycles. The predicted molar refractivity (Wildman–Crippen MR) is 49.9 cm³/mol. The Morgan fingerprint density at radius 2 is 1.82 bits per heavy atom. The van der Waals surface area contributed by atoms with Crippen molar-refractivity contribution in [2.24, 2.45) is 0 Å². The fourth-order valence-electron chi connectivity index (χ4n) is 1.42. The van der Waals surface area contributed by atoms with Crippen LogP contribution < -0.4 is 0 Å². The molecule has 0 nitrogen and oxygen atoms in total. The third-order valence-electron chi connectivity index (χ3n) is 2.02. The topological polar surface area (TPSA) is 0 Å². The van der Waals surface area contributed by atoms with Crippen LogP contribution in [0.4, 0.5) is 0 Å². The SMILES string of the molecule is [Li][CH2]c1ccccc1CCC. The van der Waals surface area contributed by atoms with Crippen LogP contribution in [0, 0.1) is 0 Å². The van der Waals surface area contributed by atoms with Crippen molar-refractivity contribution < 1.29 is 0 Å². The average Bonchev–Trinajstić information content (AvgIpc) is 2.06. The Hall–Kier alpha value is -0.183. The zero-order chi connectivity index (χ0) is 8.10. The summed E-state index contributed by atoms with van der Waals surface area (Å²) in [6.07, 6.45) is 2.47. The maximum absolute atomic E-state index is 2.24. The van der Waals surface area contributed by atoms with E-state index < -0.39 is 0 Å². The van der Waals surface area contributed by atoms with Gasteiger partial charge in [0, 0.05) is 0 Å². The van der Waals surface area contributed by atoms with E-state index in [0.717, 1.165) is 5.09 Å². The van der Waals surface area contributed by atoms with Gasteiger partial charge in [0.05, 0.1) is 0 Å². The van der Waals surface area contributed by atoms with Gasteiger partial charge in [-0.2, -0.15) is 0 Å². The van der Waals surface area contributed by atoms with Crippen LogP contribution >= 0.6 is 0 Å². The van der Waals surface area contributed by atoms with Crippen LogP contribution in [0.3, 0.4) is 0 Å². The summed E-state index contributed by atoms with van der Waals surface area (Å²) in [5, 5.41) is 1.16. The molecular formula is C10H13Li. The van der Waals surface area contributed by atoms with E-state index in [1.54, 1.807) is 0 Å². The van der Waals surface area contributed by atoms with E-state index in [9.17, 15) is 0 Å². The normalized spacial score (nSPS) is 10.1. The van der Waals surface area contributed by atoms with Crippen LogP contribution in [-0.2, 0) is 11.5 Å². The van der Waals surface area contributed by atoms with Gasteiger partial charge in [-0.3, -0.25) is 0 Å². The third kappa shape index (κ3) is 2.40. The molecule has 0 spiro atoms. The molecular weight excluding hydrogens is 127 g/mol. The summed E-state index contributed by atoms with van der Waals surface area (Å²) in [5.74, 6) is 0. The first-order chi connectivity index (χ1) is 5.38. The molecule has 0 saturated carbocycles. The number of hydrogen-bond donors (Lipinski definition) is 0. The van der Waals surface area contributed by atoms with Gasteiger partial charge in [0.15, 0.2) is 0 Å². The van der Waals surface area contributed by atoms with Gasteiger partial charge in [0.25, 0.3) is 0 Å². The van der Waals surface area contributed by atoms with Gasteiger partial charge in [-0.15, -0.1) is 0 Å².